The molecule has 0 aliphatic rings. The van der Waals surface area contributed by atoms with Crippen molar-refractivity contribution in [3.63, 3.8) is 0 Å². The predicted octanol–water partition coefficient (Wildman–Crippen LogP) is 6.36. The predicted molar refractivity (Wildman–Crippen MR) is 192 cm³/mol. The van der Waals surface area contributed by atoms with Crippen LogP contribution in [0.4, 0.5) is 0 Å². The van der Waals surface area contributed by atoms with E-state index in [1.54, 1.807) is 13.8 Å². The third-order valence-electron chi connectivity index (χ3n) is 4.02. The van der Waals surface area contributed by atoms with Gasteiger partial charge in [-0.2, -0.15) is 0 Å². The van der Waals surface area contributed by atoms with Gasteiger partial charge in [-0.05, 0) is 112 Å². The lowest BCUT2D eigenvalue weighted by molar-refractivity contribution is -0.138. The van der Waals surface area contributed by atoms with E-state index in [4.69, 9.17) is 30.7 Å². The van der Waals surface area contributed by atoms with Gasteiger partial charge in [0.2, 0.25) is 0 Å². The highest BCUT2D eigenvalue weighted by Gasteiger charge is 2.51. The molecule has 0 aromatic heterocycles. The Morgan fingerprint density at radius 3 is 1.14 bits per heavy atom. The number of hydrogen-bond acceptors (Lipinski definition) is 9. The van der Waals surface area contributed by atoms with Gasteiger partial charge in [-0.3, -0.25) is 0 Å². The van der Waals surface area contributed by atoms with Crippen LogP contribution in [0.1, 0.15) is 13.8 Å². The molecule has 42 heavy (non-hydrogen) atoms. The molecule has 0 fully saturated rings. The molecule has 0 rings (SSSR count). The van der Waals surface area contributed by atoms with E-state index in [-0.39, 0.29) is 18.1 Å². The largest absolute Gasteiger partial charge is 0.509 e. The minimum absolute atomic E-state index is 0.0531. The van der Waals surface area contributed by atoms with Crippen LogP contribution in [-0.2, 0) is 40.3 Å². The summed E-state index contributed by atoms with van der Waals surface area (Å²) < 4.78 is 41.9. The molecule has 0 bridgehead atoms. The summed E-state index contributed by atoms with van der Waals surface area (Å²) >= 11 is 0. The highest BCUT2D eigenvalue weighted by molar-refractivity contribution is 6.90. The maximum absolute atomic E-state index is 11.9. The minimum Gasteiger partial charge on any atom is -0.467 e. The second-order valence-corrected chi connectivity index (χ2v) is 42.6. The number of ether oxygens (including phenoxy) is 2. The topological polar surface area (TPSA) is 98.8 Å². The zero-order valence-electron chi connectivity index (χ0n) is 29.8. The molecule has 248 valence electrons. The average molecular weight is 715 g/mol. The molecule has 0 N–H and O–H groups in total. The summed E-state index contributed by atoms with van der Waals surface area (Å²) in [5.74, 6) is -0.900. The van der Waals surface area contributed by atoms with Crippen LogP contribution in [0.25, 0.3) is 0 Å². The summed E-state index contributed by atoms with van der Waals surface area (Å²) in [6.45, 7) is 42.2. The molecular weight excluding hydrogens is 653 g/mol. The smallest absolute Gasteiger partial charge is 0.467 e. The van der Waals surface area contributed by atoms with Crippen molar-refractivity contribution >= 4 is 71.8 Å². The Labute approximate surface area is 265 Å². The average Bonchev–Trinajstić information content (AvgIpc) is 2.65. The van der Waals surface area contributed by atoms with Gasteiger partial charge in [0.25, 0.3) is 0 Å². The lowest BCUT2D eigenvalue weighted by Gasteiger charge is -2.42. The summed E-state index contributed by atoms with van der Waals surface area (Å²) in [6.07, 6.45) is 0.489. The Kier molecular flexibility index (Phi) is 18.2. The molecule has 0 saturated heterocycles. The number of carbonyl (C=O) groups excluding carboxylic acids is 2. The number of esters is 2. The van der Waals surface area contributed by atoms with Gasteiger partial charge in [-0.1, -0.05) is 13.2 Å². The molecule has 0 unspecified atom stereocenters. The molecule has 9 nitrogen and oxygen atoms in total. The van der Waals surface area contributed by atoms with Crippen LogP contribution in [0.3, 0.4) is 0 Å². The first-order valence-electron chi connectivity index (χ1n) is 14.5. The van der Waals surface area contributed by atoms with Gasteiger partial charge in [-0.25, -0.2) is 9.59 Å². The summed E-state index contributed by atoms with van der Waals surface area (Å²) in [6, 6.07) is 0. The van der Waals surface area contributed by atoms with Crippen LogP contribution in [0, 0.1) is 0 Å². The van der Waals surface area contributed by atoms with Crippen molar-refractivity contribution in [1.82, 2.24) is 0 Å². The third-order valence-corrected chi connectivity index (χ3v) is 19.4. The minimum atomic E-state index is -3.11. The van der Waals surface area contributed by atoms with Crippen LogP contribution >= 0.6 is 0 Å². The van der Waals surface area contributed by atoms with E-state index in [0.717, 1.165) is 0 Å². The van der Waals surface area contributed by atoms with Crippen LogP contribution in [0.5, 0.6) is 0 Å². The third kappa shape index (κ3) is 26.2. The lowest BCUT2D eigenvalue weighted by Crippen LogP contribution is -2.63. The van der Waals surface area contributed by atoms with Crippen LogP contribution in [0.2, 0.25) is 98.2 Å². The standard InChI is InChI=1S/C14H34O5Si4.C12H28O4Si3/c1-13(2)14(15)16-12-23(17-20(3,4)5,18-21(6,7)8)19-22(9,10)11;1-10(2)11(13)14-9-17-12(15-18(3,4)5)16-19(6,7)8/h1,12H2,2-11H3;12H,1,9,17H2,2-8H3. The quantitative estimate of drug-likeness (QED) is 0.0738. The first kappa shape index (κ1) is 43.9. The monoisotopic (exact) mass is 714 g/mol. The molecule has 0 aromatic carbocycles. The summed E-state index contributed by atoms with van der Waals surface area (Å²) in [7, 11) is -13.0. The van der Waals surface area contributed by atoms with Gasteiger partial charge >= 0.3 is 20.7 Å². The highest BCUT2D eigenvalue weighted by Crippen LogP contribution is 2.26. The molecule has 0 atom stereocenters. The first-order valence-corrected chi connectivity index (χ1v) is 35.3. The second kappa shape index (κ2) is 17.4. The molecule has 0 saturated carbocycles. The van der Waals surface area contributed by atoms with Crippen molar-refractivity contribution in [3.8, 4) is 0 Å². The van der Waals surface area contributed by atoms with E-state index < -0.39 is 65.9 Å². The molecule has 0 spiro atoms. The Balaban J connectivity index is 0. The molecule has 0 radical (unpaired) electrons. The van der Waals surface area contributed by atoms with E-state index in [1.165, 1.54) is 0 Å². The van der Waals surface area contributed by atoms with Crippen molar-refractivity contribution in [3.05, 3.63) is 24.3 Å². The maximum atomic E-state index is 11.9. The van der Waals surface area contributed by atoms with Gasteiger partial charge in [0.1, 0.15) is 15.4 Å². The molecule has 0 amide bonds. The van der Waals surface area contributed by atoms with Gasteiger partial charge in [0.15, 0.2) is 47.8 Å². The van der Waals surface area contributed by atoms with Gasteiger partial charge < -0.3 is 30.7 Å². The van der Waals surface area contributed by atoms with E-state index in [2.05, 4.69) is 111 Å². The Morgan fingerprint density at radius 1 is 0.571 bits per heavy atom. The van der Waals surface area contributed by atoms with Crippen molar-refractivity contribution in [2.24, 2.45) is 0 Å². The Hall–Kier alpha value is -0.262. The summed E-state index contributed by atoms with van der Waals surface area (Å²) in [5, 5.41) is 0. The SMILES string of the molecule is C=C(C)C(=O)OC[SiH2]C(O[Si](C)(C)C)O[Si](C)(C)C.C=C(C)C(=O)OC[Si](O[Si](C)(C)C)(O[Si](C)(C)C)O[Si](C)(C)C. The van der Waals surface area contributed by atoms with Gasteiger partial charge in [-0.15, -0.1) is 0 Å². The number of hydrogen-bond donors (Lipinski definition) is 0. The summed E-state index contributed by atoms with van der Waals surface area (Å²) in [5.41, 5.74) is 0.796. The normalized spacial score (nSPS) is 13.6. The maximum Gasteiger partial charge on any atom is 0.509 e. The lowest BCUT2D eigenvalue weighted by atomic mass is 10.4. The highest BCUT2D eigenvalue weighted by atomic mass is 28.5. The Morgan fingerprint density at radius 2 is 0.881 bits per heavy atom. The number of rotatable bonds is 17. The van der Waals surface area contributed by atoms with Crippen LogP contribution < -0.4 is 0 Å². The molecule has 0 aliphatic heterocycles. The fraction of sp³-hybridized carbons (Fsp3) is 0.769. The molecule has 16 heteroatoms. The molecule has 0 aliphatic carbocycles. The van der Waals surface area contributed by atoms with E-state index >= 15 is 0 Å². The van der Waals surface area contributed by atoms with Crippen molar-refractivity contribution in [2.45, 2.75) is 118 Å². The molecule has 0 aromatic rings. The van der Waals surface area contributed by atoms with Gasteiger partial charge in [0.05, 0.1) is 6.23 Å². The second-order valence-electron chi connectivity index (χ2n) is 15.3. The zero-order chi connectivity index (χ0) is 34.0. The van der Waals surface area contributed by atoms with Crippen LogP contribution in [0.15, 0.2) is 24.3 Å². The van der Waals surface area contributed by atoms with Crippen molar-refractivity contribution in [1.29, 1.82) is 0 Å². The van der Waals surface area contributed by atoms with Gasteiger partial charge in [0, 0.05) is 11.1 Å². The summed E-state index contributed by atoms with van der Waals surface area (Å²) in [4.78, 5) is 23.2. The van der Waals surface area contributed by atoms with Crippen molar-refractivity contribution in [2.75, 3.05) is 12.5 Å². The fourth-order valence-electron chi connectivity index (χ4n) is 3.13. The number of carbonyl (C=O) groups is 2. The Bertz CT molecular complexity index is 837. The van der Waals surface area contributed by atoms with E-state index in [0.29, 0.717) is 17.4 Å². The van der Waals surface area contributed by atoms with E-state index in [9.17, 15) is 9.59 Å². The van der Waals surface area contributed by atoms with Crippen LogP contribution in [-0.4, -0.2) is 90.2 Å². The fourth-order valence-corrected chi connectivity index (χ4v) is 23.2. The van der Waals surface area contributed by atoms with E-state index in [1.807, 2.05) is 0 Å². The molecule has 0 heterocycles. The zero-order valence-corrected chi connectivity index (χ0v) is 37.2. The molecular formula is C26H62O9Si7. The van der Waals surface area contributed by atoms with Crippen molar-refractivity contribution < 1.29 is 40.3 Å². The first-order chi connectivity index (χ1) is 18.4.